The highest BCUT2D eigenvalue weighted by atomic mass is 19.3. The number of H-pyrrole nitrogens is 2. The number of aromatic nitrogens is 5. The zero-order valence-electron chi connectivity index (χ0n) is 18.1. The molecule has 5 rings (SSSR count). The first-order valence-corrected chi connectivity index (χ1v) is 11.0. The molecule has 1 saturated heterocycles. The fraction of sp³-hybridized carbons (Fsp3) is 0.545. The van der Waals surface area contributed by atoms with E-state index in [1.165, 1.54) is 13.2 Å². The standard InChI is InChI=1S/C22H26F2N6O2/c1-12-3-4-16-15(9-12)18(29-28-16)20-26-17-10-14(11-25-19(17)27-20)30(2)21(31)22(23,24)13-5-7-32-8-6-13/h10-13H,3-9H2,1-2H3,(H,28,29)(H,25,26,27). The zero-order chi connectivity index (χ0) is 22.5. The number of ether oxygens (including phenoxy) is 1. The van der Waals surface area contributed by atoms with Gasteiger partial charge in [0.25, 0.3) is 5.91 Å². The fourth-order valence-electron chi connectivity index (χ4n) is 4.63. The van der Waals surface area contributed by atoms with Gasteiger partial charge in [-0.15, -0.1) is 0 Å². The van der Waals surface area contributed by atoms with Gasteiger partial charge in [0, 0.05) is 37.4 Å². The lowest BCUT2D eigenvalue weighted by atomic mass is 9.88. The molecule has 0 bridgehead atoms. The molecule has 0 spiro atoms. The van der Waals surface area contributed by atoms with Crippen molar-refractivity contribution in [1.29, 1.82) is 0 Å². The molecule has 0 saturated carbocycles. The number of nitrogens with one attached hydrogen (secondary N) is 2. The Morgan fingerprint density at radius 2 is 2.06 bits per heavy atom. The fourth-order valence-corrected chi connectivity index (χ4v) is 4.63. The highest BCUT2D eigenvalue weighted by molar-refractivity contribution is 5.99. The summed E-state index contributed by atoms with van der Waals surface area (Å²) in [6, 6.07) is 1.62. The molecule has 3 aromatic heterocycles. The number of imidazole rings is 1. The second-order valence-corrected chi connectivity index (χ2v) is 8.90. The van der Waals surface area contributed by atoms with Crippen molar-refractivity contribution in [2.45, 2.75) is 45.0 Å². The average molecular weight is 444 g/mol. The van der Waals surface area contributed by atoms with E-state index in [4.69, 9.17) is 4.74 Å². The SMILES string of the molecule is CC1CCc2[nH]nc(-c3nc4ncc(N(C)C(=O)C(F)(F)C5CCOCC5)cc4[nH]3)c2C1. The number of hydrogen-bond acceptors (Lipinski definition) is 5. The summed E-state index contributed by atoms with van der Waals surface area (Å²) in [5, 5.41) is 7.55. The smallest absolute Gasteiger partial charge is 0.328 e. The predicted molar refractivity (Wildman–Crippen MR) is 115 cm³/mol. The first-order chi connectivity index (χ1) is 15.3. The van der Waals surface area contributed by atoms with Crippen LogP contribution in [0.2, 0.25) is 0 Å². The van der Waals surface area contributed by atoms with Crippen LogP contribution in [-0.2, 0) is 22.4 Å². The molecule has 2 N–H and O–H groups in total. The van der Waals surface area contributed by atoms with E-state index >= 15 is 0 Å². The summed E-state index contributed by atoms with van der Waals surface area (Å²) in [6.45, 7) is 2.71. The third-order valence-corrected chi connectivity index (χ3v) is 6.65. The Hall–Kier alpha value is -2.88. The van der Waals surface area contributed by atoms with E-state index in [9.17, 15) is 13.6 Å². The zero-order valence-corrected chi connectivity index (χ0v) is 18.1. The number of anilines is 1. The number of aromatic amines is 2. The second kappa shape index (κ2) is 7.91. The third kappa shape index (κ3) is 3.56. The van der Waals surface area contributed by atoms with E-state index in [1.54, 1.807) is 6.07 Å². The quantitative estimate of drug-likeness (QED) is 0.642. The molecular formula is C22H26F2N6O2. The largest absolute Gasteiger partial charge is 0.381 e. The van der Waals surface area contributed by atoms with E-state index < -0.39 is 17.7 Å². The van der Waals surface area contributed by atoms with Gasteiger partial charge in [-0.25, -0.2) is 9.97 Å². The summed E-state index contributed by atoms with van der Waals surface area (Å²) in [5.74, 6) is -4.56. The minimum Gasteiger partial charge on any atom is -0.381 e. The maximum atomic E-state index is 14.8. The summed E-state index contributed by atoms with van der Waals surface area (Å²) in [6.07, 6.45) is 4.74. The number of alkyl halides is 2. The highest BCUT2D eigenvalue weighted by Crippen LogP contribution is 2.36. The number of nitrogens with zero attached hydrogens (tertiary/aromatic N) is 4. The van der Waals surface area contributed by atoms with Gasteiger partial charge in [0.1, 0.15) is 5.69 Å². The van der Waals surface area contributed by atoms with Crippen LogP contribution in [0.3, 0.4) is 0 Å². The Labute approximate surface area is 183 Å². The molecule has 0 aromatic carbocycles. The van der Waals surface area contributed by atoms with Gasteiger partial charge in [0.2, 0.25) is 0 Å². The van der Waals surface area contributed by atoms with Gasteiger partial charge in [0.05, 0.1) is 17.4 Å². The summed E-state index contributed by atoms with van der Waals surface area (Å²) in [5.41, 5.74) is 4.34. The van der Waals surface area contributed by atoms with Crippen molar-refractivity contribution in [3.63, 3.8) is 0 Å². The molecule has 2 aliphatic rings. The Morgan fingerprint density at radius 1 is 1.28 bits per heavy atom. The molecule has 8 nitrogen and oxygen atoms in total. The predicted octanol–water partition coefficient (Wildman–Crippen LogP) is 3.50. The molecule has 3 aromatic rings. The van der Waals surface area contributed by atoms with Gasteiger partial charge < -0.3 is 14.6 Å². The molecule has 1 amide bonds. The van der Waals surface area contributed by atoms with Gasteiger partial charge in [-0.2, -0.15) is 13.9 Å². The van der Waals surface area contributed by atoms with Gasteiger partial charge in [0.15, 0.2) is 11.5 Å². The van der Waals surface area contributed by atoms with Crippen LogP contribution in [0.25, 0.3) is 22.7 Å². The number of carbonyl (C=O) groups excluding carboxylic acids is 1. The molecular weight excluding hydrogens is 418 g/mol. The number of fused-ring (bicyclic) bond motifs is 2. The van der Waals surface area contributed by atoms with Crippen molar-refractivity contribution < 1.29 is 18.3 Å². The van der Waals surface area contributed by atoms with E-state index in [2.05, 4.69) is 32.1 Å². The Bertz CT molecular complexity index is 1150. The number of halogens is 2. The second-order valence-electron chi connectivity index (χ2n) is 8.90. The van der Waals surface area contributed by atoms with Crippen LogP contribution >= 0.6 is 0 Å². The van der Waals surface area contributed by atoms with Gasteiger partial charge in [-0.1, -0.05) is 6.92 Å². The molecule has 1 fully saturated rings. The molecule has 4 heterocycles. The number of hydrogen-bond donors (Lipinski definition) is 2. The maximum absolute atomic E-state index is 14.8. The molecule has 0 radical (unpaired) electrons. The van der Waals surface area contributed by atoms with Gasteiger partial charge in [-0.05, 0) is 44.1 Å². The van der Waals surface area contributed by atoms with E-state index in [1.807, 2.05) is 0 Å². The molecule has 170 valence electrons. The van der Waals surface area contributed by atoms with Crippen LogP contribution < -0.4 is 4.90 Å². The Balaban J connectivity index is 1.42. The van der Waals surface area contributed by atoms with Crippen molar-refractivity contribution >= 4 is 22.8 Å². The van der Waals surface area contributed by atoms with Crippen LogP contribution in [-0.4, -0.2) is 57.2 Å². The number of aryl methyl sites for hydroxylation is 1. The van der Waals surface area contributed by atoms with Crippen LogP contribution in [0.1, 0.15) is 37.4 Å². The van der Waals surface area contributed by atoms with E-state index in [-0.39, 0.29) is 31.7 Å². The number of amides is 1. The summed E-state index contributed by atoms with van der Waals surface area (Å²) >= 11 is 0. The van der Waals surface area contributed by atoms with Crippen LogP contribution in [0.5, 0.6) is 0 Å². The summed E-state index contributed by atoms with van der Waals surface area (Å²) < 4.78 is 34.8. The maximum Gasteiger partial charge on any atom is 0.328 e. The lowest BCUT2D eigenvalue weighted by Gasteiger charge is -2.31. The average Bonchev–Trinajstić information content (AvgIpc) is 3.41. The molecule has 1 aliphatic heterocycles. The lowest BCUT2D eigenvalue weighted by molar-refractivity contribution is -0.156. The van der Waals surface area contributed by atoms with Crippen LogP contribution in [0.4, 0.5) is 14.5 Å². The molecule has 1 atom stereocenters. The van der Waals surface area contributed by atoms with Crippen molar-refractivity contribution in [3.8, 4) is 11.5 Å². The van der Waals surface area contributed by atoms with Crippen molar-refractivity contribution in [3.05, 3.63) is 23.5 Å². The van der Waals surface area contributed by atoms with Crippen molar-refractivity contribution in [2.24, 2.45) is 11.8 Å². The molecule has 1 aliphatic carbocycles. The topological polar surface area (TPSA) is 99.8 Å². The monoisotopic (exact) mass is 444 g/mol. The van der Waals surface area contributed by atoms with Crippen molar-refractivity contribution in [1.82, 2.24) is 25.1 Å². The molecule has 1 unspecified atom stereocenters. The lowest BCUT2D eigenvalue weighted by Crippen LogP contribution is -2.48. The first kappa shape index (κ1) is 21.0. The normalized spacial score (nSPS) is 19.8. The minimum absolute atomic E-state index is 0.167. The number of pyridine rings is 1. The third-order valence-electron chi connectivity index (χ3n) is 6.65. The van der Waals surface area contributed by atoms with E-state index in [0.29, 0.717) is 22.9 Å². The number of rotatable bonds is 4. The van der Waals surface area contributed by atoms with Gasteiger partial charge >= 0.3 is 5.92 Å². The highest BCUT2D eigenvalue weighted by Gasteiger charge is 2.49. The van der Waals surface area contributed by atoms with E-state index in [0.717, 1.165) is 41.1 Å². The molecule has 32 heavy (non-hydrogen) atoms. The number of carbonyl (C=O) groups is 1. The van der Waals surface area contributed by atoms with Crippen LogP contribution in [0.15, 0.2) is 12.3 Å². The van der Waals surface area contributed by atoms with Crippen LogP contribution in [0, 0.1) is 11.8 Å². The summed E-state index contributed by atoms with van der Waals surface area (Å²) in [4.78, 5) is 25.7. The van der Waals surface area contributed by atoms with Crippen molar-refractivity contribution in [2.75, 3.05) is 25.2 Å². The summed E-state index contributed by atoms with van der Waals surface area (Å²) in [7, 11) is 1.35. The molecule has 10 heteroatoms. The first-order valence-electron chi connectivity index (χ1n) is 11.0. The Morgan fingerprint density at radius 3 is 2.84 bits per heavy atom. The Kier molecular flexibility index (Phi) is 5.19. The minimum atomic E-state index is -3.46. The van der Waals surface area contributed by atoms with Gasteiger partial charge in [-0.3, -0.25) is 9.89 Å².